The third kappa shape index (κ3) is 2.54. The maximum Gasteiger partial charge on any atom is 0.330 e. The van der Waals surface area contributed by atoms with E-state index in [1.807, 2.05) is 0 Å². The summed E-state index contributed by atoms with van der Waals surface area (Å²) in [6.45, 7) is 0. The molecular weight excluding hydrogens is 182 g/mol. The molecule has 80 valence electrons. The Balaban J connectivity index is 2.50. The molecule has 14 heavy (non-hydrogen) atoms. The highest BCUT2D eigenvalue weighted by Gasteiger charge is 2.30. The van der Waals surface area contributed by atoms with Crippen molar-refractivity contribution in [1.82, 2.24) is 0 Å². The Morgan fingerprint density at radius 3 is 2.36 bits per heavy atom. The Morgan fingerprint density at radius 2 is 1.86 bits per heavy atom. The van der Waals surface area contributed by atoms with E-state index in [1.165, 1.54) is 13.5 Å². The smallest absolute Gasteiger partial charge is 0.330 e. The summed E-state index contributed by atoms with van der Waals surface area (Å²) >= 11 is 0. The maximum atomic E-state index is 11.7. The topological polar surface area (TPSA) is 69.4 Å². The minimum atomic E-state index is -1.08. The molecule has 1 atom stereocenters. The van der Waals surface area contributed by atoms with Gasteiger partial charge in [-0.15, -0.1) is 0 Å². The van der Waals surface area contributed by atoms with Gasteiger partial charge in [0.2, 0.25) is 0 Å². The number of carbonyl (C=O) groups excluding carboxylic acids is 2. The van der Waals surface area contributed by atoms with Gasteiger partial charge in [0.05, 0.1) is 7.11 Å². The number of esters is 1. The molecule has 0 aromatic rings. The molecule has 1 saturated carbocycles. The van der Waals surface area contributed by atoms with Crippen LogP contribution in [-0.4, -0.2) is 24.9 Å². The average molecular weight is 199 g/mol. The number of carbonyl (C=O) groups is 2. The van der Waals surface area contributed by atoms with Crippen LogP contribution >= 0.6 is 0 Å². The first-order valence-corrected chi connectivity index (χ1v) is 5.04. The second-order valence-corrected chi connectivity index (χ2v) is 3.74. The van der Waals surface area contributed by atoms with Gasteiger partial charge in [0.25, 0.3) is 0 Å². The number of methoxy groups -OCH3 is 1. The van der Waals surface area contributed by atoms with Gasteiger partial charge in [-0.1, -0.05) is 19.3 Å². The first kappa shape index (κ1) is 11.2. The molecule has 2 N–H and O–H groups in total. The van der Waals surface area contributed by atoms with E-state index in [-0.39, 0.29) is 11.7 Å². The van der Waals surface area contributed by atoms with Crippen LogP contribution in [0.25, 0.3) is 0 Å². The predicted octanol–water partition coefficient (Wildman–Crippen LogP) is 0.636. The van der Waals surface area contributed by atoms with E-state index in [2.05, 4.69) is 4.74 Å². The summed E-state index contributed by atoms with van der Waals surface area (Å²) < 4.78 is 4.44. The van der Waals surface area contributed by atoms with Crippen molar-refractivity contribution in [3.63, 3.8) is 0 Å². The quantitative estimate of drug-likeness (QED) is 0.535. The summed E-state index contributed by atoms with van der Waals surface area (Å²) in [5.41, 5.74) is 5.48. The highest BCUT2D eigenvalue weighted by molar-refractivity contribution is 6.03. The lowest BCUT2D eigenvalue weighted by molar-refractivity contribution is -0.146. The van der Waals surface area contributed by atoms with Crippen molar-refractivity contribution in [2.75, 3.05) is 7.11 Å². The van der Waals surface area contributed by atoms with Crippen LogP contribution in [0.4, 0.5) is 0 Å². The third-order valence-corrected chi connectivity index (χ3v) is 2.77. The van der Waals surface area contributed by atoms with E-state index in [1.54, 1.807) is 0 Å². The number of nitrogens with two attached hydrogens (primary N) is 1. The van der Waals surface area contributed by atoms with Crippen molar-refractivity contribution in [3.8, 4) is 0 Å². The molecule has 0 aromatic carbocycles. The molecule has 0 amide bonds. The Hall–Kier alpha value is -0.900. The Morgan fingerprint density at radius 1 is 1.29 bits per heavy atom. The van der Waals surface area contributed by atoms with E-state index < -0.39 is 12.0 Å². The van der Waals surface area contributed by atoms with Crippen molar-refractivity contribution in [2.24, 2.45) is 11.7 Å². The van der Waals surface area contributed by atoms with Gasteiger partial charge >= 0.3 is 5.97 Å². The summed E-state index contributed by atoms with van der Waals surface area (Å²) in [4.78, 5) is 22.7. The number of hydrogen-bond donors (Lipinski definition) is 1. The SMILES string of the molecule is COC(=O)C(N)C(=O)C1CCCCC1. The van der Waals surface area contributed by atoms with Crippen LogP contribution in [0, 0.1) is 5.92 Å². The Bertz CT molecular complexity index is 221. The third-order valence-electron chi connectivity index (χ3n) is 2.77. The number of hydrogen-bond acceptors (Lipinski definition) is 4. The Labute approximate surface area is 83.8 Å². The Kier molecular flexibility index (Phi) is 4.07. The van der Waals surface area contributed by atoms with E-state index in [9.17, 15) is 9.59 Å². The van der Waals surface area contributed by atoms with Crippen LogP contribution < -0.4 is 5.73 Å². The lowest BCUT2D eigenvalue weighted by atomic mass is 9.84. The summed E-state index contributed by atoms with van der Waals surface area (Å²) in [5.74, 6) is -0.810. The molecule has 0 aliphatic heterocycles. The molecule has 1 unspecified atom stereocenters. The first-order valence-electron chi connectivity index (χ1n) is 5.04. The minimum Gasteiger partial charge on any atom is -0.468 e. The van der Waals surface area contributed by atoms with Crippen LogP contribution in [0.2, 0.25) is 0 Å². The van der Waals surface area contributed by atoms with Gasteiger partial charge in [-0.05, 0) is 12.8 Å². The number of ether oxygens (including phenoxy) is 1. The van der Waals surface area contributed by atoms with Gasteiger partial charge < -0.3 is 10.5 Å². The summed E-state index contributed by atoms with van der Waals surface area (Å²) in [7, 11) is 1.25. The highest BCUT2D eigenvalue weighted by atomic mass is 16.5. The minimum absolute atomic E-state index is 0.0298. The van der Waals surface area contributed by atoms with Crippen molar-refractivity contribution in [3.05, 3.63) is 0 Å². The summed E-state index contributed by atoms with van der Waals surface area (Å²) in [6, 6.07) is -1.08. The molecule has 1 rings (SSSR count). The van der Waals surface area contributed by atoms with E-state index in [0.29, 0.717) is 0 Å². The molecule has 0 spiro atoms. The molecule has 4 heteroatoms. The van der Waals surface area contributed by atoms with Crippen LogP contribution in [-0.2, 0) is 14.3 Å². The largest absolute Gasteiger partial charge is 0.468 e. The van der Waals surface area contributed by atoms with Gasteiger partial charge in [0.15, 0.2) is 11.8 Å². The van der Waals surface area contributed by atoms with Gasteiger partial charge in [0.1, 0.15) is 0 Å². The molecule has 1 fully saturated rings. The fraction of sp³-hybridized carbons (Fsp3) is 0.800. The lowest BCUT2D eigenvalue weighted by Gasteiger charge is -2.22. The highest BCUT2D eigenvalue weighted by Crippen LogP contribution is 2.25. The molecule has 1 aliphatic carbocycles. The van der Waals surface area contributed by atoms with Crippen molar-refractivity contribution >= 4 is 11.8 Å². The second kappa shape index (κ2) is 5.10. The molecule has 0 aromatic heterocycles. The second-order valence-electron chi connectivity index (χ2n) is 3.74. The van der Waals surface area contributed by atoms with Crippen LogP contribution in [0.3, 0.4) is 0 Å². The van der Waals surface area contributed by atoms with Crippen molar-refractivity contribution in [2.45, 2.75) is 38.1 Å². The predicted molar refractivity (Wildman–Crippen MR) is 51.6 cm³/mol. The van der Waals surface area contributed by atoms with Crippen molar-refractivity contribution < 1.29 is 14.3 Å². The summed E-state index contributed by atoms with van der Waals surface area (Å²) in [5, 5.41) is 0. The fourth-order valence-corrected chi connectivity index (χ4v) is 1.88. The standard InChI is InChI=1S/C10H17NO3/c1-14-10(13)8(11)9(12)7-5-3-2-4-6-7/h7-8H,2-6,11H2,1H3. The van der Waals surface area contributed by atoms with Gasteiger partial charge in [-0.25, -0.2) is 4.79 Å². The molecule has 1 aliphatic rings. The average Bonchev–Trinajstić information content (AvgIpc) is 2.27. The van der Waals surface area contributed by atoms with Crippen LogP contribution in [0.1, 0.15) is 32.1 Å². The lowest BCUT2D eigenvalue weighted by Crippen LogP contribution is -2.43. The van der Waals surface area contributed by atoms with E-state index >= 15 is 0 Å². The maximum absolute atomic E-state index is 11.7. The molecule has 0 saturated heterocycles. The monoisotopic (exact) mass is 199 g/mol. The number of ketones is 1. The first-order chi connectivity index (χ1) is 6.66. The van der Waals surface area contributed by atoms with E-state index in [0.717, 1.165) is 25.7 Å². The summed E-state index contributed by atoms with van der Waals surface area (Å²) in [6.07, 6.45) is 5.03. The van der Waals surface area contributed by atoms with Gasteiger partial charge in [-0.2, -0.15) is 0 Å². The fourth-order valence-electron chi connectivity index (χ4n) is 1.88. The van der Waals surface area contributed by atoms with Crippen LogP contribution in [0.5, 0.6) is 0 Å². The van der Waals surface area contributed by atoms with Gasteiger partial charge in [-0.3, -0.25) is 4.79 Å². The molecule has 4 nitrogen and oxygen atoms in total. The normalized spacial score (nSPS) is 20.1. The number of Topliss-reactive ketones (excluding diaryl/α,β-unsaturated/α-hetero) is 1. The molecule has 0 heterocycles. The molecular formula is C10H17NO3. The van der Waals surface area contributed by atoms with Crippen molar-refractivity contribution in [1.29, 1.82) is 0 Å². The molecule has 0 radical (unpaired) electrons. The van der Waals surface area contributed by atoms with Crippen LogP contribution in [0.15, 0.2) is 0 Å². The zero-order valence-corrected chi connectivity index (χ0v) is 8.49. The van der Waals surface area contributed by atoms with E-state index in [4.69, 9.17) is 5.73 Å². The van der Waals surface area contributed by atoms with Gasteiger partial charge in [0, 0.05) is 5.92 Å². The molecule has 0 bridgehead atoms. The zero-order chi connectivity index (χ0) is 10.6. The number of rotatable bonds is 3. The zero-order valence-electron chi connectivity index (χ0n) is 8.49.